The second-order valence-electron chi connectivity index (χ2n) is 3.47. The quantitative estimate of drug-likeness (QED) is 0.615. The van der Waals surface area contributed by atoms with E-state index in [2.05, 4.69) is 43.9 Å². The summed E-state index contributed by atoms with van der Waals surface area (Å²) in [6, 6.07) is 0.464. The maximum absolute atomic E-state index is 4.54. The van der Waals surface area contributed by atoms with Crippen LogP contribution in [0.1, 0.15) is 33.6 Å². The third-order valence-electron chi connectivity index (χ3n) is 2.39. The summed E-state index contributed by atoms with van der Waals surface area (Å²) in [6.45, 7) is 6.46. The number of aliphatic imine (C=N–C) groups is 1. The second-order valence-corrected chi connectivity index (χ2v) is 3.47. The summed E-state index contributed by atoms with van der Waals surface area (Å²) in [5.41, 5.74) is 2.44. The smallest absolute Gasteiger partial charge is 0.0635 e. The Hall–Kier alpha value is -0.790. The Kier molecular flexibility index (Phi) is 2.90. The maximum Gasteiger partial charge on any atom is 0.0635 e. The van der Waals surface area contributed by atoms with E-state index in [9.17, 15) is 0 Å². The van der Waals surface area contributed by atoms with Crippen LogP contribution < -0.4 is 0 Å². The molecule has 1 aliphatic heterocycles. The number of hydrogen-bond donors (Lipinski definition) is 0. The Morgan fingerprint density at radius 3 is 2.75 bits per heavy atom. The first-order valence-electron chi connectivity index (χ1n) is 4.63. The summed E-state index contributed by atoms with van der Waals surface area (Å²) in [5.74, 6) is 0. The molecule has 0 amide bonds. The molecule has 0 aromatic heterocycles. The number of rotatable bonds is 2. The lowest BCUT2D eigenvalue weighted by Gasteiger charge is -2.27. The first-order valence-corrected chi connectivity index (χ1v) is 4.63. The minimum atomic E-state index is 0.464. The van der Waals surface area contributed by atoms with Crippen molar-refractivity contribution >= 4 is 5.71 Å². The first kappa shape index (κ1) is 9.30. The van der Waals surface area contributed by atoms with Crippen molar-refractivity contribution in [3.8, 4) is 0 Å². The molecule has 0 aromatic rings. The molecule has 1 heterocycles. The average molecular weight is 166 g/mol. The SMILES string of the molecule is CCCC1=CN(C)C(C)C(C)=N1. The van der Waals surface area contributed by atoms with Crippen LogP contribution in [-0.4, -0.2) is 23.7 Å². The molecule has 12 heavy (non-hydrogen) atoms. The van der Waals surface area contributed by atoms with Crippen LogP contribution in [0.4, 0.5) is 0 Å². The van der Waals surface area contributed by atoms with Crippen molar-refractivity contribution in [1.29, 1.82) is 0 Å². The lowest BCUT2D eigenvalue weighted by molar-refractivity contribution is 0.412. The molecule has 2 nitrogen and oxygen atoms in total. The van der Waals surface area contributed by atoms with Crippen LogP contribution in [0.5, 0.6) is 0 Å². The zero-order chi connectivity index (χ0) is 9.14. The van der Waals surface area contributed by atoms with E-state index in [4.69, 9.17) is 0 Å². The van der Waals surface area contributed by atoms with Crippen molar-refractivity contribution < 1.29 is 0 Å². The topological polar surface area (TPSA) is 15.6 Å². The van der Waals surface area contributed by atoms with E-state index in [1.54, 1.807) is 0 Å². The van der Waals surface area contributed by atoms with Crippen LogP contribution in [0, 0.1) is 0 Å². The summed E-state index contributed by atoms with van der Waals surface area (Å²) in [7, 11) is 2.11. The lowest BCUT2D eigenvalue weighted by atomic mass is 10.1. The van der Waals surface area contributed by atoms with E-state index >= 15 is 0 Å². The molecule has 1 unspecified atom stereocenters. The van der Waals surface area contributed by atoms with E-state index in [-0.39, 0.29) is 0 Å². The zero-order valence-corrected chi connectivity index (χ0v) is 8.46. The highest BCUT2D eigenvalue weighted by atomic mass is 15.1. The Morgan fingerprint density at radius 1 is 1.58 bits per heavy atom. The van der Waals surface area contributed by atoms with Gasteiger partial charge < -0.3 is 4.90 Å². The van der Waals surface area contributed by atoms with E-state index in [0.29, 0.717) is 6.04 Å². The van der Waals surface area contributed by atoms with Gasteiger partial charge in [0.05, 0.1) is 11.7 Å². The van der Waals surface area contributed by atoms with Gasteiger partial charge in [-0.1, -0.05) is 13.3 Å². The molecule has 0 radical (unpaired) electrons. The minimum absolute atomic E-state index is 0.464. The molecular formula is C10H18N2. The summed E-state index contributed by atoms with van der Waals surface area (Å²) >= 11 is 0. The van der Waals surface area contributed by atoms with Crippen LogP contribution in [0.3, 0.4) is 0 Å². The van der Waals surface area contributed by atoms with Crippen LogP contribution in [-0.2, 0) is 0 Å². The average Bonchev–Trinajstić information content (AvgIpc) is 2.01. The van der Waals surface area contributed by atoms with Gasteiger partial charge in [-0.2, -0.15) is 0 Å². The number of nitrogens with zero attached hydrogens (tertiary/aromatic N) is 2. The molecule has 1 atom stereocenters. The zero-order valence-electron chi connectivity index (χ0n) is 8.46. The maximum atomic E-state index is 4.54. The molecule has 1 rings (SSSR count). The summed E-state index contributed by atoms with van der Waals surface area (Å²) in [4.78, 5) is 6.77. The van der Waals surface area contributed by atoms with Gasteiger partial charge in [-0.05, 0) is 20.3 Å². The molecule has 1 aliphatic rings. The molecule has 0 aromatic carbocycles. The molecule has 0 N–H and O–H groups in total. The van der Waals surface area contributed by atoms with Crippen molar-refractivity contribution in [2.45, 2.75) is 39.7 Å². The van der Waals surface area contributed by atoms with Crippen LogP contribution in [0.2, 0.25) is 0 Å². The van der Waals surface area contributed by atoms with Gasteiger partial charge in [0.2, 0.25) is 0 Å². The predicted molar refractivity (Wildman–Crippen MR) is 53.3 cm³/mol. The molecular weight excluding hydrogens is 148 g/mol. The van der Waals surface area contributed by atoms with Gasteiger partial charge in [-0.15, -0.1) is 0 Å². The molecule has 68 valence electrons. The van der Waals surface area contributed by atoms with Crippen molar-refractivity contribution in [1.82, 2.24) is 4.90 Å². The fourth-order valence-electron chi connectivity index (χ4n) is 1.37. The van der Waals surface area contributed by atoms with Gasteiger partial charge in [0, 0.05) is 19.0 Å². The molecule has 0 fully saturated rings. The largest absolute Gasteiger partial charge is 0.371 e. The fourth-order valence-corrected chi connectivity index (χ4v) is 1.37. The van der Waals surface area contributed by atoms with E-state index < -0.39 is 0 Å². The standard InChI is InChI=1S/C10H18N2/c1-5-6-10-7-12(4)9(3)8(2)11-10/h7,9H,5-6H2,1-4H3. The molecule has 0 saturated heterocycles. The molecule has 0 saturated carbocycles. The van der Waals surface area contributed by atoms with Crippen molar-refractivity contribution in [3.63, 3.8) is 0 Å². The summed E-state index contributed by atoms with van der Waals surface area (Å²) in [6.07, 6.45) is 4.42. The first-order chi connectivity index (χ1) is 5.65. The van der Waals surface area contributed by atoms with Gasteiger partial charge in [-0.3, -0.25) is 4.99 Å². The van der Waals surface area contributed by atoms with E-state index in [1.165, 1.54) is 17.8 Å². The second kappa shape index (κ2) is 3.74. The third-order valence-corrected chi connectivity index (χ3v) is 2.39. The van der Waals surface area contributed by atoms with Gasteiger partial charge >= 0.3 is 0 Å². The minimum Gasteiger partial charge on any atom is -0.371 e. The molecule has 0 bridgehead atoms. The van der Waals surface area contributed by atoms with Gasteiger partial charge in [-0.25, -0.2) is 0 Å². The Balaban J connectivity index is 2.73. The third kappa shape index (κ3) is 1.87. The Bertz CT molecular complexity index is 216. The predicted octanol–water partition coefficient (Wildman–Crippen LogP) is 2.42. The highest BCUT2D eigenvalue weighted by Crippen LogP contribution is 2.16. The van der Waals surface area contributed by atoms with Crippen LogP contribution in [0.15, 0.2) is 16.9 Å². The molecule has 2 heteroatoms. The summed E-state index contributed by atoms with van der Waals surface area (Å²) < 4.78 is 0. The molecule has 0 aliphatic carbocycles. The summed E-state index contributed by atoms with van der Waals surface area (Å²) in [5, 5.41) is 0. The number of allylic oxidation sites excluding steroid dienone is 1. The van der Waals surface area contributed by atoms with Gasteiger partial charge in [0.25, 0.3) is 0 Å². The highest BCUT2D eigenvalue weighted by Gasteiger charge is 2.14. The van der Waals surface area contributed by atoms with Crippen LogP contribution >= 0.6 is 0 Å². The van der Waals surface area contributed by atoms with Crippen molar-refractivity contribution in [2.24, 2.45) is 4.99 Å². The van der Waals surface area contributed by atoms with E-state index in [1.807, 2.05) is 0 Å². The van der Waals surface area contributed by atoms with Gasteiger partial charge in [0.15, 0.2) is 0 Å². The van der Waals surface area contributed by atoms with Crippen molar-refractivity contribution in [3.05, 3.63) is 11.9 Å². The number of hydrogen-bond acceptors (Lipinski definition) is 2. The lowest BCUT2D eigenvalue weighted by Crippen LogP contribution is -2.33. The molecule has 0 spiro atoms. The Morgan fingerprint density at radius 2 is 2.25 bits per heavy atom. The van der Waals surface area contributed by atoms with Gasteiger partial charge in [0.1, 0.15) is 0 Å². The highest BCUT2D eigenvalue weighted by molar-refractivity contribution is 5.88. The van der Waals surface area contributed by atoms with Crippen LogP contribution in [0.25, 0.3) is 0 Å². The van der Waals surface area contributed by atoms with E-state index in [0.717, 1.165) is 6.42 Å². The fraction of sp³-hybridized carbons (Fsp3) is 0.700. The monoisotopic (exact) mass is 166 g/mol. The van der Waals surface area contributed by atoms with Crippen molar-refractivity contribution in [2.75, 3.05) is 7.05 Å². The Labute approximate surface area is 75.0 Å². The normalized spacial score (nSPS) is 23.7.